The Labute approximate surface area is 146 Å². The van der Waals surface area contributed by atoms with Gasteiger partial charge in [0, 0.05) is 12.1 Å². The van der Waals surface area contributed by atoms with E-state index >= 15 is 0 Å². The maximum Gasteiger partial charge on any atom is 0.259 e. The molecule has 2 N–H and O–H groups in total. The van der Waals surface area contributed by atoms with Crippen molar-refractivity contribution in [2.24, 2.45) is 0 Å². The van der Waals surface area contributed by atoms with Crippen LogP contribution in [0.25, 0.3) is 0 Å². The van der Waals surface area contributed by atoms with E-state index < -0.39 is 0 Å². The first-order valence-electron chi connectivity index (χ1n) is 7.50. The van der Waals surface area contributed by atoms with Crippen molar-refractivity contribution in [2.45, 2.75) is 20.3 Å². The van der Waals surface area contributed by atoms with Gasteiger partial charge in [-0.25, -0.2) is 0 Å². The predicted octanol–water partition coefficient (Wildman–Crippen LogP) is 4.26. The van der Waals surface area contributed by atoms with E-state index in [1.165, 1.54) is 7.11 Å². The molecule has 0 aliphatic carbocycles. The van der Waals surface area contributed by atoms with E-state index in [9.17, 15) is 9.59 Å². The zero-order chi connectivity index (χ0) is 17.7. The average Bonchev–Trinajstić information content (AvgIpc) is 2.57. The van der Waals surface area contributed by atoms with Crippen LogP contribution in [-0.2, 0) is 4.79 Å². The first kappa shape index (κ1) is 17.8. The third-order valence-electron chi connectivity index (χ3n) is 3.48. The standard InChI is InChI=1S/C18H19ClN2O3/c1-4-16(22)20-12-8-9-14(19)15(10-12)21-18(23)13-7-5-6-11(2)17(13)24-3/h5-10H,4H2,1-3H3,(H,20,22)(H,21,23). The Hall–Kier alpha value is -2.53. The van der Waals surface area contributed by atoms with Gasteiger partial charge in [-0.05, 0) is 36.8 Å². The second kappa shape index (κ2) is 7.84. The summed E-state index contributed by atoms with van der Waals surface area (Å²) in [5.74, 6) is 0.0629. The number of amides is 2. The largest absolute Gasteiger partial charge is 0.496 e. The van der Waals surface area contributed by atoms with E-state index in [0.29, 0.717) is 34.1 Å². The summed E-state index contributed by atoms with van der Waals surface area (Å²) in [6.45, 7) is 3.63. The van der Waals surface area contributed by atoms with Gasteiger partial charge in [-0.1, -0.05) is 30.7 Å². The van der Waals surface area contributed by atoms with Crippen LogP contribution in [0.5, 0.6) is 5.75 Å². The van der Waals surface area contributed by atoms with Crippen LogP contribution in [0.2, 0.25) is 5.02 Å². The van der Waals surface area contributed by atoms with Gasteiger partial charge >= 0.3 is 0 Å². The second-order valence-corrected chi connectivity index (χ2v) is 5.61. The third kappa shape index (κ3) is 4.06. The maximum absolute atomic E-state index is 12.6. The van der Waals surface area contributed by atoms with Crippen LogP contribution in [0.1, 0.15) is 29.3 Å². The van der Waals surface area contributed by atoms with Gasteiger partial charge in [0.05, 0.1) is 23.4 Å². The maximum atomic E-state index is 12.6. The fraction of sp³-hybridized carbons (Fsp3) is 0.222. The topological polar surface area (TPSA) is 67.4 Å². The lowest BCUT2D eigenvalue weighted by Gasteiger charge is -2.13. The molecule has 0 heterocycles. The van der Waals surface area contributed by atoms with Crippen molar-refractivity contribution in [1.29, 1.82) is 0 Å². The van der Waals surface area contributed by atoms with Gasteiger partial charge in [0.25, 0.3) is 5.91 Å². The number of benzene rings is 2. The van der Waals surface area contributed by atoms with Crippen LogP contribution >= 0.6 is 11.6 Å². The number of rotatable bonds is 5. The van der Waals surface area contributed by atoms with Crippen molar-refractivity contribution in [3.63, 3.8) is 0 Å². The lowest BCUT2D eigenvalue weighted by molar-refractivity contribution is -0.115. The number of aryl methyl sites for hydroxylation is 1. The fourth-order valence-corrected chi connectivity index (χ4v) is 2.40. The molecule has 2 aromatic carbocycles. The number of hydrogen-bond acceptors (Lipinski definition) is 3. The number of carbonyl (C=O) groups is 2. The molecule has 2 rings (SSSR count). The summed E-state index contributed by atoms with van der Waals surface area (Å²) in [7, 11) is 1.52. The van der Waals surface area contributed by atoms with Crippen LogP contribution in [0.3, 0.4) is 0 Å². The van der Waals surface area contributed by atoms with Crippen LogP contribution in [0, 0.1) is 6.92 Å². The molecular weight excluding hydrogens is 328 g/mol. The minimum atomic E-state index is -0.337. The van der Waals surface area contributed by atoms with Gasteiger partial charge in [0.15, 0.2) is 0 Å². The normalized spacial score (nSPS) is 10.2. The van der Waals surface area contributed by atoms with E-state index in [0.717, 1.165) is 5.56 Å². The fourth-order valence-electron chi connectivity index (χ4n) is 2.24. The first-order chi connectivity index (χ1) is 11.5. The molecular formula is C18H19ClN2O3. The number of hydrogen-bond donors (Lipinski definition) is 2. The van der Waals surface area contributed by atoms with E-state index in [2.05, 4.69) is 10.6 Å². The number of nitrogens with one attached hydrogen (secondary N) is 2. The highest BCUT2D eigenvalue weighted by Gasteiger charge is 2.15. The molecule has 0 saturated heterocycles. The molecule has 0 aliphatic heterocycles. The Morgan fingerprint density at radius 2 is 1.92 bits per heavy atom. The van der Waals surface area contributed by atoms with Gasteiger partial charge in [0.1, 0.15) is 5.75 Å². The Morgan fingerprint density at radius 3 is 2.58 bits per heavy atom. The Bertz CT molecular complexity index is 775. The Kier molecular flexibility index (Phi) is 5.82. The molecule has 0 spiro atoms. The molecule has 0 atom stereocenters. The summed E-state index contributed by atoms with van der Waals surface area (Å²) >= 11 is 6.14. The number of anilines is 2. The van der Waals surface area contributed by atoms with E-state index in [1.54, 1.807) is 37.3 Å². The molecule has 0 aromatic heterocycles. The van der Waals surface area contributed by atoms with Gasteiger partial charge in [-0.2, -0.15) is 0 Å². The quantitative estimate of drug-likeness (QED) is 0.850. The van der Waals surface area contributed by atoms with Gasteiger partial charge in [-0.3, -0.25) is 9.59 Å². The van der Waals surface area contributed by atoms with Crippen LogP contribution in [0.15, 0.2) is 36.4 Å². The minimum absolute atomic E-state index is 0.116. The molecule has 6 heteroatoms. The molecule has 2 amide bonds. The lowest BCUT2D eigenvalue weighted by atomic mass is 10.1. The number of ether oxygens (including phenoxy) is 1. The van der Waals surface area contributed by atoms with Crippen LogP contribution in [0.4, 0.5) is 11.4 Å². The Morgan fingerprint density at radius 1 is 1.17 bits per heavy atom. The van der Waals surface area contributed by atoms with Gasteiger partial charge in [-0.15, -0.1) is 0 Å². The molecule has 0 unspecified atom stereocenters. The summed E-state index contributed by atoms with van der Waals surface area (Å²) in [6, 6.07) is 10.2. The van der Waals surface area contributed by atoms with Gasteiger partial charge < -0.3 is 15.4 Å². The smallest absolute Gasteiger partial charge is 0.259 e. The summed E-state index contributed by atoms with van der Waals surface area (Å²) in [5.41, 5.74) is 2.26. The SMILES string of the molecule is CCC(=O)Nc1ccc(Cl)c(NC(=O)c2cccc(C)c2OC)c1. The Balaban J connectivity index is 2.27. The minimum Gasteiger partial charge on any atom is -0.496 e. The van der Waals surface area contributed by atoms with Crippen molar-refractivity contribution < 1.29 is 14.3 Å². The van der Waals surface area contributed by atoms with Crippen LogP contribution < -0.4 is 15.4 Å². The van der Waals surface area contributed by atoms with Crippen molar-refractivity contribution in [3.05, 3.63) is 52.5 Å². The number of halogens is 1. The second-order valence-electron chi connectivity index (χ2n) is 5.21. The zero-order valence-electron chi connectivity index (χ0n) is 13.8. The van der Waals surface area contributed by atoms with Crippen molar-refractivity contribution in [1.82, 2.24) is 0 Å². The number of para-hydroxylation sites is 1. The third-order valence-corrected chi connectivity index (χ3v) is 3.81. The van der Waals surface area contributed by atoms with Crippen molar-refractivity contribution in [3.8, 4) is 5.75 Å². The lowest BCUT2D eigenvalue weighted by Crippen LogP contribution is -2.15. The number of methoxy groups -OCH3 is 1. The monoisotopic (exact) mass is 346 g/mol. The van der Waals surface area contributed by atoms with E-state index in [4.69, 9.17) is 16.3 Å². The number of carbonyl (C=O) groups excluding carboxylic acids is 2. The first-order valence-corrected chi connectivity index (χ1v) is 7.88. The summed E-state index contributed by atoms with van der Waals surface area (Å²) in [6.07, 6.45) is 0.366. The van der Waals surface area contributed by atoms with Gasteiger partial charge in [0.2, 0.25) is 5.91 Å². The van der Waals surface area contributed by atoms with Crippen molar-refractivity contribution >= 4 is 34.8 Å². The molecule has 2 aromatic rings. The predicted molar refractivity (Wildman–Crippen MR) is 96.1 cm³/mol. The summed E-state index contributed by atoms with van der Waals surface area (Å²) in [5, 5.41) is 5.87. The highest BCUT2D eigenvalue weighted by atomic mass is 35.5. The highest BCUT2D eigenvalue weighted by Crippen LogP contribution is 2.28. The molecule has 0 aliphatic rings. The molecule has 0 fully saturated rings. The van der Waals surface area contributed by atoms with E-state index in [1.807, 2.05) is 13.0 Å². The molecule has 24 heavy (non-hydrogen) atoms. The van der Waals surface area contributed by atoms with Crippen LogP contribution in [-0.4, -0.2) is 18.9 Å². The molecule has 5 nitrogen and oxygen atoms in total. The summed E-state index contributed by atoms with van der Waals surface area (Å²) < 4.78 is 5.31. The molecule has 126 valence electrons. The summed E-state index contributed by atoms with van der Waals surface area (Å²) in [4.78, 5) is 24.0. The zero-order valence-corrected chi connectivity index (χ0v) is 14.5. The molecule has 0 saturated carbocycles. The highest BCUT2D eigenvalue weighted by molar-refractivity contribution is 6.34. The molecule has 0 bridgehead atoms. The van der Waals surface area contributed by atoms with Crippen molar-refractivity contribution in [2.75, 3.05) is 17.7 Å². The molecule has 0 radical (unpaired) electrons. The average molecular weight is 347 g/mol. The van der Waals surface area contributed by atoms with E-state index in [-0.39, 0.29) is 11.8 Å².